The van der Waals surface area contributed by atoms with E-state index in [1.165, 1.54) is 31.1 Å². The standard InChI is InChI=1S/C29H31F3N6O4S/c1-18-6-5-7-23(26(18)41-4)25-24(29(30,31)32)27(35-28(34-25)36-43(39,40)22-16-33-38(3)17-22)42-21-10-8-19(9-11-21)20-12-14-37(2)15-13-20/h5-11,16-17,20H,12-15H2,1-4H3,(H,34,35,36). The summed E-state index contributed by atoms with van der Waals surface area (Å²) in [7, 11) is 0.620. The predicted molar refractivity (Wildman–Crippen MR) is 154 cm³/mol. The Labute approximate surface area is 247 Å². The fraction of sp³-hybridized carbons (Fsp3) is 0.345. The van der Waals surface area contributed by atoms with Gasteiger partial charge in [0.25, 0.3) is 10.0 Å². The Hall–Kier alpha value is -4.17. The van der Waals surface area contributed by atoms with Gasteiger partial charge in [0.2, 0.25) is 11.8 Å². The van der Waals surface area contributed by atoms with Crippen LogP contribution in [0, 0.1) is 6.92 Å². The number of alkyl halides is 3. The first-order valence-electron chi connectivity index (χ1n) is 13.5. The van der Waals surface area contributed by atoms with Gasteiger partial charge in [-0.25, -0.2) is 18.1 Å². The third kappa shape index (κ3) is 6.59. The fourth-order valence-electron chi connectivity index (χ4n) is 5.10. The van der Waals surface area contributed by atoms with Crippen LogP contribution in [-0.2, 0) is 23.2 Å². The summed E-state index contributed by atoms with van der Waals surface area (Å²) in [6.45, 7) is 3.59. The Kier molecular flexibility index (Phi) is 8.34. The van der Waals surface area contributed by atoms with Crippen LogP contribution in [-0.4, -0.2) is 60.3 Å². The number of likely N-dealkylation sites (tertiary alicyclic amines) is 1. The molecule has 2 aromatic carbocycles. The van der Waals surface area contributed by atoms with Crippen molar-refractivity contribution in [2.45, 2.75) is 36.8 Å². The van der Waals surface area contributed by atoms with Crippen LogP contribution in [0.15, 0.2) is 59.8 Å². The maximum absolute atomic E-state index is 14.8. The molecular formula is C29H31F3N6O4S. The number of hydrogen-bond acceptors (Lipinski definition) is 8. The lowest BCUT2D eigenvalue weighted by Gasteiger charge is -2.29. The second-order valence-corrected chi connectivity index (χ2v) is 12.1. The topological polar surface area (TPSA) is 111 Å². The zero-order chi connectivity index (χ0) is 30.9. The van der Waals surface area contributed by atoms with Crippen molar-refractivity contribution in [3.05, 3.63) is 71.5 Å². The zero-order valence-corrected chi connectivity index (χ0v) is 24.8. The molecule has 0 atom stereocenters. The summed E-state index contributed by atoms with van der Waals surface area (Å²) < 4.78 is 85.0. The maximum Gasteiger partial charge on any atom is 0.423 e. The molecule has 0 amide bonds. The summed E-state index contributed by atoms with van der Waals surface area (Å²) in [5.74, 6) is -0.903. The molecule has 1 aliphatic heterocycles. The maximum atomic E-state index is 14.8. The Morgan fingerprint density at radius 2 is 1.72 bits per heavy atom. The van der Waals surface area contributed by atoms with Gasteiger partial charge in [0.1, 0.15) is 22.0 Å². The Morgan fingerprint density at radius 3 is 2.33 bits per heavy atom. The van der Waals surface area contributed by atoms with E-state index in [-0.39, 0.29) is 22.0 Å². The molecule has 228 valence electrons. The van der Waals surface area contributed by atoms with E-state index in [1.54, 1.807) is 31.2 Å². The molecule has 1 saturated heterocycles. The lowest BCUT2D eigenvalue weighted by Crippen LogP contribution is -2.29. The van der Waals surface area contributed by atoms with Gasteiger partial charge in [-0.2, -0.15) is 23.3 Å². The van der Waals surface area contributed by atoms with Crippen molar-refractivity contribution in [2.75, 3.05) is 32.0 Å². The van der Waals surface area contributed by atoms with E-state index in [4.69, 9.17) is 9.47 Å². The van der Waals surface area contributed by atoms with Gasteiger partial charge < -0.3 is 14.4 Å². The van der Waals surface area contributed by atoms with E-state index >= 15 is 0 Å². The summed E-state index contributed by atoms with van der Waals surface area (Å²) in [5, 5.41) is 3.85. The quantitative estimate of drug-likeness (QED) is 0.272. The fourth-order valence-corrected chi connectivity index (χ4v) is 6.02. The summed E-state index contributed by atoms with van der Waals surface area (Å²) in [6.07, 6.45) is -0.694. The first-order chi connectivity index (χ1) is 20.4. The molecule has 0 radical (unpaired) electrons. The third-order valence-corrected chi connectivity index (χ3v) is 8.61. The Morgan fingerprint density at radius 1 is 1.02 bits per heavy atom. The average Bonchev–Trinajstić information content (AvgIpc) is 3.40. The molecular weight excluding hydrogens is 585 g/mol. The normalized spacial score (nSPS) is 15.0. The summed E-state index contributed by atoms with van der Waals surface area (Å²) in [4.78, 5) is 10.00. The molecule has 0 spiro atoms. The van der Waals surface area contributed by atoms with E-state index < -0.39 is 39.3 Å². The van der Waals surface area contributed by atoms with Crippen molar-refractivity contribution in [1.82, 2.24) is 24.6 Å². The number of para-hydroxylation sites is 1. The monoisotopic (exact) mass is 616 g/mol. The number of rotatable bonds is 8. The number of piperidine rings is 1. The SMILES string of the molecule is COc1c(C)cccc1-c1nc(NS(=O)(=O)c2cnn(C)c2)nc(Oc2ccc(C3CCN(C)CC3)cc2)c1C(F)(F)F. The lowest BCUT2D eigenvalue weighted by molar-refractivity contribution is -0.138. The highest BCUT2D eigenvalue weighted by Gasteiger charge is 2.41. The molecule has 43 heavy (non-hydrogen) atoms. The molecule has 1 fully saturated rings. The summed E-state index contributed by atoms with van der Waals surface area (Å²) in [5.41, 5.74) is -0.281. The molecule has 1 aliphatic rings. The van der Waals surface area contributed by atoms with Gasteiger partial charge in [0.15, 0.2) is 0 Å². The van der Waals surface area contributed by atoms with Crippen molar-refractivity contribution < 1.29 is 31.1 Å². The largest absolute Gasteiger partial charge is 0.496 e. The van der Waals surface area contributed by atoms with Crippen molar-refractivity contribution in [3.8, 4) is 28.6 Å². The molecule has 0 aliphatic carbocycles. The zero-order valence-electron chi connectivity index (χ0n) is 24.0. The smallest absolute Gasteiger partial charge is 0.423 e. The molecule has 3 heterocycles. The van der Waals surface area contributed by atoms with Crippen LogP contribution in [0.25, 0.3) is 11.3 Å². The lowest BCUT2D eigenvalue weighted by atomic mass is 9.90. The number of aromatic nitrogens is 4. The number of aryl methyl sites for hydroxylation is 2. The van der Waals surface area contributed by atoms with E-state index in [2.05, 4.69) is 31.7 Å². The molecule has 1 N–H and O–H groups in total. The second-order valence-electron chi connectivity index (χ2n) is 10.4. The minimum atomic E-state index is -4.98. The predicted octanol–water partition coefficient (Wildman–Crippen LogP) is 5.62. The molecule has 5 rings (SSSR count). The van der Waals surface area contributed by atoms with Crippen molar-refractivity contribution in [1.29, 1.82) is 0 Å². The highest BCUT2D eigenvalue weighted by molar-refractivity contribution is 7.92. The number of hydrogen-bond donors (Lipinski definition) is 1. The second kappa shape index (κ2) is 11.8. The van der Waals surface area contributed by atoms with Gasteiger partial charge in [-0.05, 0) is 75.1 Å². The number of ether oxygens (including phenoxy) is 2. The van der Waals surface area contributed by atoms with Crippen LogP contribution in [0.5, 0.6) is 17.4 Å². The summed E-state index contributed by atoms with van der Waals surface area (Å²) >= 11 is 0. The molecule has 14 heteroatoms. The summed E-state index contributed by atoms with van der Waals surface area (Å²) in [6, 6.07) is 11.5. The van der Waals surface area contributed by atoms with E-state index in [9.17, 15) is 21.6 Å². The van der Waals surface area contributed by atoms with E-state index in [1.807, 2.05) is 12.1 Å². The van der Waals surface area contributed by atoms with Crippen LogP contribution >= 0.6 is 0 Å². The highest BCUT2D eigenvalue weighted by atomic mass is 32.2. The number of methoxy groups -OCH3 is 1. The molecule has 0 unspecified atom stereocenters. The van der Waals surface area contributed by atoms with Crippen LogP contribution < -0.4 is 14.2 Å². The Bertz CT molecular complexity index is 1720. The first-order valence-corrected chi connectivity index (χ1v) is 14.9. The highest BCUT2D eigenvalue weighted by Crippen LogP contribution is 2.46. The van der Waals surface area contributed by atoms with Crippen LogP contribution in [0.2, 0.25) is 0 Å². The molecule has 0 saturated carbocycles. The van der Waals surface area contributed by atoms with Crippen molar-refractivity contribution >= 4 is 16.0 Å². The molecule has 4 aromatic rings. The van der Waals surface area contributed by atoms with E-state index in [0.29, 0.717) is 11.5 Å². The Balaban J connectivity index is 1.62. The van der Waals surface area contributed by atoms with Gasteiger partial charge in [-0.3, -0.25) is 4.68 Å². The van der Waals surface area contributed by atoms with Crippen molar-refractivity contribution in [3.63, 3.8) is 0 Å². The van der Waals surface area contributed by atoms with Crippen LogP contribution in [0.1, 0.15) is 35.4 Å². The molecule has 0 bridgehead atoms. The average molecular weight is 617 g/mol. The minimum absolute atomic E-state index is 0.0125. The molecule has 2 aromatic heterocycles. The van der Waals surface area contributed by atoms with Gasteiger partial charge >= 0.3 is 6.18 Å². The van der Waals surface area contributed by atoms with Gasteiger partial charge in [-0.1, -0.05) is 24.3 Å². The minimum Gasteiger partial charge on any atom is -0.496 e. The van der Waals surface area contributed by atoms with Gasteiger partial charge in [0, 0.05) is 18.8 Å². The number of nitrogens with zero attached hydrogens (tertiary/aromatic N) is 5. The number of benzene rings is 2. The van der Waals surface area contributed by atoms with Crippen LogP contribution in [0.3, 0.4) is 0 Å². The van der Waals surface area contributed by atoms with Gasteiger partial charge in [0.05, 0.1) is 19.0 Å². The van der Waals surface area contributed by atoms with E-state index in [0.717, 1.165) is 37.7 Å². The first kappa shape index (κ1) is 30.3. The number of halogens is 3. The van der Waals surface area contributed by atoms with Crippen molar-refractivity contribution in [2.24, 2.45) is 7.05 Å². The number of nitrogens with one attached hydrogen (secondary N) is 1. The third-order valence-electron chi connectivity index (χ3n) is 7.33. The number of sulfonamides is 1. The molecule has 10 nitrogen and oxygen atoms in total. The number of anilines is 1. The van der Waals surface area contributed by atoms with Gasteiger partial charge in [-0.15, -0.1) is 0 Å². The van der Waals surface area contributed by atoms with Crippen LogP contribution in [0.4, 0.5) is 19.1 Å².